The van der Waals surface area contributed by atoms with Crippen LogP contribution in [0.3, 0.4) is 0 Å². The van der Waals surface area contributed by atoms with Gasteiger partial charge in [-0.1, -0.05) is 28.1 Å². The van der Waals surface area contributed by atoms with E-state index < -0.39 is 0 Å². The first-order chi connectivity index (χ1) is 9.15. The van der Waals surface area contributed by atoms with E-state index in [4.69, 9.17) is 0 Å². The van der Waals surface area contributed by atoms with Gasteiger partial charge in [-0.05, 0) is 24.6 Å². The number of aryl methyl sites for hydroxylation is 1. The normalized spacial score (nSPS) is 10.8. The summed E-state index contributed by atoms with van der Waals surface area (Å²) in [6, 6.07) is 7.63. The van der Waals surface area contributed by atoms with Gasteiger partial charge in [0.2, 0.25) is 0 Å². The number of aromatic nitrogens is 2. The molecule has 1 amide bonds. The average molecular weight is 321 g/mol. The van der Waals surface area contributed by atoms with Crippen molar-refractivity contribution in [1.82, 2.24) is 15.0 Å². The zero-order valence-electron chi connectivity index (χ0n) is 10.4. The van der Waals surface area contributed by atoms with E-state index in [2.05, 4.69) is 31.4 Å². The van der Waals surface area contributed by atoms with Crippen molar-refractivity contribution in [2.75, 3.05) is 0 Å². The van der Waals surface area contributed by atoms with Gasteiger partial charge in [0.1, 0.15) is 12.4 Å². The number of carbonyl (C=O) groups excluding carboxylic acids is 1. The maximum Gasteiger partial charge on any atom is 0.260 e. The molecular formula is C13H13BrN4O. The Morgan fingerprint density at radius 1 is 1.47 bits per heavy atom. The molecule has 0 atom stereocenters. The molecule has 0 aliphatic heterocycles. The zero-order valence-corrected chi connectivity index (χ0v) is 12.0. The lowest BCUT2D eigenvalue weighted by atomic mass is 10.2. The Balaban J connectivity index is 1.86. The predicted octanol–water partition coefficient (Wildman–Crippen LogP) is 2.10. The van der Waals surface area contributed by atoms with Gasteiger partial charge < -0.3 is 4.57 Å². The smallest absolute Gasteiger partial charge is 0.260 e. The molecule has 0 fully saturated rings. The number of carbonyl (C=O) groups is 1. The summed E-state index contributed by atoms with van der Waals surface area (Å²) in [6.07, 6.45) is 5.02. The molecule has 6 heteroatoms. The third kappa shape index (κ3) is 4.03. The van der Waals surface area contributed by atoms with Crippen LogP contribution in [0, 0.1) is 6.92 Å². The quantitative estimate of drug-likeness (QED) is 0.692. The Morgan fingerprint density at radius 2 is 2.21 bits per heavy atom. The highest BCUT2D eigenvalue weighted by Gasteiger charge is 2.02. The van der Waals surface area contributed by atoms with Crippen molar-refractivity contribution < 1.29 is 4.79 Å². The summed E-state index contributed by atoms with van der Waals surface area (Å²) in [6.45, 7) is 2.06. The molecule has 1 aromatic heterocycles. The van der Waals surface area contributed by atoms with Gasteiger partial charge >= 0.3 is 0 Å². The number of rotatable bonds is 4. The van der Waals surface area contributed by atoms with Crippen LogP contribution in [-0.4, -0.2) is 21.7 Å². The summed E-state index contributed by atoms with van der Waals surface area (Å²) in [5.74, 6) is 0.613. The molecule has 0 aliphatic carbocycles. The molecule has 0 saturated heterocycles. The first-order valence-corrected chi connectivity index (χ1v) is 6.49. The fourth-order valence-electron chi connectivity index (χ4n) is 1.49. The number of hydrazone groups is 1. The lowest BCUT2D eigenvalue weighted by Gasteiger charge is -2.02. The van der Waals surface area contributed by atoms with Crippen LogP contribution in [0.25, 0.3) is 0 Å². The van der Waals surface area contributed by atoms with E-state index in [0.717, 1.165) is 15.9 Å². The molecule has 0 aliphatic rings. The Kier molecular flexibility index (Phi) is 4.46. The number of halogens is 1. The van der Waals surface area contributed by atoms with Crippen molar-refractivity contribution in [3.63, 3.8) is 0 Å². The molecule has 98 valence electrons. The standard InChI is InChI=1S/C13H13BrN4O/c1-10-15-6-7-18(10)9-13(19)17-16-8-11-2-4-12(14)5-3-11/h2-8H,9H2,1H3,(H,17,19)/b16-8-. The molecule has 19 heavy (non-hydrogen) atoms. The minimum absolute atomic E-state index is 0.186. The Labute approximate surface area is 119 Å². The van der Waals surface area contributed by atoms with Crippen molar-refractivity contribution >= 4 is 28.1 Å². The van der Waals surface area contributed by atoms with Gasteiger partial charge in [-0.3, -0.25) is 4.79 Å². The van der Waals surface area contributed by atoms with Crippen LogP contribution >= 0.6 is 15.9 Å². The first-order valence-electron chi connectivity index (χ1n) is 5.70. The first kappa shape index (κ1) is 13.5. The SMILES string of the molecule is Cc1nccn1CC(=O)N/N=C\c1ccc(Br)cc1. The number of hydrogen-bond donors (Lipinski definition) is 1. The van der Waals surface area contributed by atoms with E-state index >= 15 is 0 Å². The second-order valence-electron chi connectivity index (χ2n) is 3.95. The predicted molar refractivity (Wildman–Crippen MR) is 76.8 cm³/mol. The zero-order chi connectivity index (χ0) is 13.7. The molecule has 0 unspecified atom stereocenters. The van der Waals surface area contributed by atoms with Gasteiger partial charge in [0, 0.05) is 16.9 Å². The minimum atomic E-state index is -0.186. The number of amides is 1. The van der Waals surface area contributed by atoms with Crippen molar-refractivity contribution in [2.45, 2.75) is 13.5 Å². The van der Waals surface area contributed by atoms with Gasteiger partial charge in [-0.25, -0.2) is 10.4 Å². The van der Waals surface area contributed by atoms with Crippen LogP contribution in [0.15, 0.2) is 46.2 Å². The maximum atomic E-state index is 11.6. The molecule has 0 bridgehead atoms. The van der Waals surface area contributed by atoms with Crippen molar-refractivity contribution in [1.29, 1.82) is 0 Å². The highest BCUT2D eigenvalue weighted by atomic mass is 79.9. The van der Waals surface area contributed by atoms with Gasteiger partial charge in [0.15, 0.2) is 0 Å². The van der Waals surface area contributed by atoms with Crippen molar-refractivity contribution in [3.8, 4) is 0 Å². The second kappa shape index (κ2) is 6.29. The van der Waals surface area contributed by atoms with Crippen LogP contribution in [0.1, 0.15) is 11.4 Å². The minimum Gasteiger partial charge on any atom is -0.326 e. The van der Waals surface area contributed by atoms with Crippen LogP contribution in [-0.2, 0) is 11.3 Å². The molecule has 0 spiro atoms. The summed E-state index contributed by atoms with van der Waals surface area (Å²) in [5.41, 5.74) is 3.40. The molecule has 2 rings (SSSR count). The molecule has 0 saturated carbocycles. The fourth-order valence-corrected chi connectivity index (χ4v) is 1.75. The Morgan fingerprint density at radius 3 is 2.84 bits per heavy atom. The molecule has 1 aromatic carbocycles. The van der Waals surface area contributed by atoms with Crippen molar-refractivity contribution in [3.05, 3.63) is 52.5 Å². The van der Waals surface area contributed by atoms with Gasteiger partial charge in [0.05, 0.1) is 6.21 Å². The maximum absolute atomic E-state index is 11.6. The van der Waals surface area contributed by atoms with Crippen LogP contribution in [0.4, 0.5) is 0 Å². The fraction of sp³-hybridized carbons (Fsp3) is 0.154. The second-order valence-corrected chi connectivity index (χ2v) is 4.86. The summed E-state index contributed by atoms with van der Waals surface area (Å²) in [4.78, 5) is 15.7. The summed E-state index contributed by atoms with van der Waals surface area (Å²) in [5, 5.41) is 3.91. The van der Waals surface area contributed by atoms with E-state index in [9.17, 15) is 4.79 Å². The van der Waals surface area contributed by atoms with E-state index in [-0.39, 0.29) is 12.5 Å². The summed E-state index contributed by atoms with van der Waals surface area (Å²) < 4.78 is 2.76. The Bertz CT molecular complexity index is 589. The van der Waals surface area contributed by atoms with Gasteiger partial charge in [-0.2, -0.15) is 5.10 Å². The van der Waals surface area contributed by atoms with E-state index in [0.29, 0.717) is 0 Å². The number of benzene rings is 1. The van der Waals surface area contributed by atoms with E-state index in [1.807, 2.05) is 31.2 Å². The average Bonchev–Trinajstić information content (AvgIpc) is 2.78. The highest BCUT2D eigenvalue weighted by molar-refractivity contribution is 9.10. The molecule has 0 radical (unpaired) electrons. The number of imidazole rings is 1. The molecular weight excluding hydrogens is 308 g/mol. The van der Waals surface area contributed by atoms with E-state index in [1.54, 1.807) is 23.2 Å². The molecule has 2 aromatic rings. The van der Waals surface area contributed by atoms with Crippen LogP contribution < -0.4 is 5.43 Å². The summed E-state index contributed by atoms with van der Waals surface area (Å²) >= 11 is 3.35. The molecule has 5 nitrogen and oxygen atoms in total. The largest absolute Gasteiger partial charge is 0.326 e. The number of hydrogen-bond acceptors (Lipinski definition) is 3. The monoisotopic (exact) mass is 320 g/mol. The summed E-state index contributed by atoms with van der Waals surface area (Å²) in [7, 11) is 0. The Hall–Kier alpha value is -1.95. The van der Waals surface area contributed by atoms with Gasteiger partial charge in [0.25, 0.3) is 5.91 Å². The van der Waals surface area contributed by atoms with Crippen LogP contribution in [0.2, 0.25) is 0 Å². The number of nitrogens with one attached hydrogen (secondary N) is 1. The van der Waals surface area contributed by atoms with Gasteiger partial charge in [-0.15, -0.1) is 0 Å². The third-order valence-electron chi connectivity index (χ3n) is 2.51. The number of nitrogens with zero attached hydrogens (tertiary/aromatic N) is 3. The molecule has 1 heterocycles. The third-order valence-corrected chi connectivity index (χ3v) is 3.04. The lowest BCUT2D eigenvalue weighted by Crippen LogP contribution is -2.23. The lowest BCUT2D eigenvalue weighted by molar-refractivity contribution is -0.121. The molecule has 1 N–H and O–H groups in total. The topological polar surface area (TPSA) is 59.3 Å². The van der Waals surface area contributed by atoms with E-state index in [1.165, 1.54) is 0 Å². The highest BCUT2D eigenvalue weighted by Crippen LogP contribution is 2.08. The van der Waals surface area contributed by atoms with Crippen LogP contribution in [0.5, 0.6) is 0 Å². The van der Waals surface area contributed by atoms with Crippen molar-refractivity contribution in [2.24, 2.45) is 5.10 Å².